The minimum absolute atomic E-state index is 0.366. The van der Waals surface area contributed by atoms with E-state index in [9.17, 15) is 0 Å². The minimum atomic E-state index is 0.366. The Balaban J connectivity index is 2.17. The van der Waals surface area contributed by atoms with Crippen LogP contribution in [-0.4, -0.2) is 14.3 Å². The average Bonchev–Trinajstić information content (AvgIpc) is 2.85. The summed E-state index contributed by atoms with van der Waals surface area (Å²) in [4.78, 5) is 0. The van der Waals surface area contributed by atoms with Crippen LogP contribution in [0.25, 0.3) is 0 Å². The molecule has 0 spiro atoms. The van der Waals surface area contributed by atoms with Gasteiger partial charge in [0.25, 0.3) is 0 Å². The SMILES string of the molecule is CC(C)CCn1c(COc2ccccc2)nn(CCC#N)c1=S. The van der Waals surface area contributed by atoms with Gasteiger partial charge in [0, 0.05) is 6.54 Å². The van der Waals surface area contributed by atoms with Gasteiger partial charge in [-0.05, 0) is 36.7 Å². The van der Waals surface area contributed by atoms with Crippen molar-refractivity contribution in [3.05, 3.63) is 40.9 Å². The first kappa shape index (κ1) is 17.2. The van der Waals surface area contributed by atoms with Crippen molar-refractivity contribution in [3.63, 3.8) is 0 Å². The molecule has 0 aliphatic rings. The maximum Gasteiger partial charge on any atom is 0.197 e. The first-order chi connectivity index (χ1) is 11.1. The normalized spacial score (nSPS) is 10.7. The summed E-state index contributed by atoms with van der Waals surface area (Å²) in [6.07, 6.45) is 1.42. The standard InChI is InChI=1S/C17H22N4OS/c1-14(2)9-12-20-16(13-22-15-7-4-3-5-8-15)19-21(17(20)23)11-6-10-18/h3-5,7-8,14H,6,9,11-13H2,1-2H3. The molecule has 1 heterocycles. The zero-order chi connectivity index (χ0) is 16.7. The van der Waals surface area contributed by atoms with Gasteiger partial charge in [0.1, 0.15) is 12.4 Å². The van der Waals surface area contributed by atoms with Crippen LogP contribution in [0.4, 0.5) is 0 Å². The van der Waals surface area contributed by atoms with Gasteiger partial charge in [0.2, 0.25) is 0 Å². The van der Waals surface area contributed by atoms with E-state index in [1.807, 2.05) is 34.9 Å². The molecule has 1 aromatic heterocycles. The molecule has 6 heteroatoms. The zero-order valence-electron chi connectivity index (χ0n) is 13.6. The van der Waals surface area contributed by atoms with Crippen molar-refractivity contribution in [2.75, 3.05) is 0 Å². The Hall–Kier alpha value is -2.13. The van der Waals surface area contributed by atoms with Crippen LogP contribution in [0.1, 0.15) is 32.5 Å². The summed E-state index contributed by atoms with van der Waals surface area (Å²) < 4.78 is 10.2. The minimum Gasteiger partial charge on any atom is -0.486 e. The number of hydrogen-bond acceptors (Lipinski definition) is 4. The Bertz CT molecular complexity index is 712. The van der Waals surface area contributed by atoms with Gasteiger partial charge >= 0.3 is 0 Å². The molecule has 0 N–H and O–H groups in total. The number of nitriles is 1. The first-order valence-electron chi connectivity index (χ1n) is 7.83. The number of aryl methyl sites for hydroxylation is 1. The van der Waals surface area contributed by atoms with E-state index in [4.69, 9.17) is 22.2 Å². The van der Waals surface area contributed by atoms with Crippen LogP contribution in [0.5, 0.6) is 5.75 Å². The maximum atomic E-state index is 8.77. The van der Waals surface area contributed by atoms with E-state index in [0.29, 0.717) is 30.3 Å². The van der Waals surface area contributed by atoms with E-state index >= 15 is 0 Å². The smallest absolute Gasteiger partial charge is 0.197 e. The highest BCUT2D eigenvalue weighted by Gasteiger charge is 2.12. The molecule has 122 valence electrons. The largest absolute Gasteiger partial charge is 0.486 e. The summed E-state index contributed by atoms with van der Waals surface area (Å²) in [5, 5.41) is 13.3. The second-order valence-electron chi connectivity index (χ2n) is 5.77. The molecule has 2 aromatic rings. The molecule has 23 heavy (non-hydrogen) atoms. The number of benzene rings is 1. The Kier molecular flexibility index (Phi) is 6.36. The molecule has 2 rings (SSSR count). The fraction of sp³-hybridized carbons (Fsp3) is 0.471. The number of aromatic nitrogens is 3. The van der Waals surface area contributed by atoms with E-state index in [2.05, 4.69) is 25.0 Å². The predicted molar refractivity (Wildman–Crippen MR) is 91.5 cm³/mol. The van der Waals surface area contributed by atoms with E-state index in [1.165, 1.54) is 0 Å². The quantitative estimate of drug-likeness (QED) is 0.688. The lowest BCUT2D eigenvalue weighted by atomic mass is 10.1. The average molecular weight is 330 g/mol. The van der Waals surface area contributed by atoms with Gasteiger partial charge in [0.15, 0.2) is 10.6 Å². The Morgan fingerprint density at radius 2 is 2.00 bits per heavy atom. The molecule has 1 aromatic carbocycles. The molecule has 5 nitrogen and oxygen atoms in total. The number of rotatable bonds is 8. The summed E-state index contributed by atoms with van der Waals surface area (Å²) in [5.41, 5.74) is 0. The lowest BCUT2D eigenvalue weighted by molar-refractivity contribution is 0.286. The van der Waals surface area contributed by atoms with Gasteiger partial charge in [-0.25, -0.2) is 4.68 Å². The monoisotopic (exact) mass is 330 g/mol. The molecule has 0 atom stereocenters. The molecule has 0 aliphatic heterocycles. The molecular formula is C17H22N4OS. The summed E-state index contributed by atoms with van der Waals surface area (Å²) in [6, 6.07) is 11.8. The van der Waals surface area contributed by atoms with E-state index in [1.54, 1.807) is 4.68 Å². The van der Waals surface area contributed by atoms with Gasteiger partial charge in [-0.15, -0.1) is 0 Å². The second-order valence-corrected chi connectivity index (χ2v) is 6.13. The van der Waals surface area contributed by atoms with Crippen molar-refractivity contribution in [1.29, 1.82) is 5.26 Å². The lowest BCUT2D eigenvalue weighted by Crippen LogP contribution is -2.09. The molecule has 0 fully saturated rings. The third kappa shape index (κ3) is 4.93. The topological polar surface area (TPSA) is 55.8 Å². The fourth-order valence-corrected chi connectivity index (χ4v) is 2.50. The summed E-state index contributed by atoms with van der Waals surface area (Å²) in [5.74, 6) is 2.19. The van der Waals surface area contributed by atoms with Crippen LogP contribution in [0.2, 0.25) is 0 Å². The van der Waals surface area contributed by atoms with Crippen LogP contribution < -0.4 is 4.74 Å². The number of para-hydroxylation sites is 1. The first-order valence-corrected chi connectivity index (χ1v) is 8.24. The van der Waals surface area contributed by atoms with Gasteiger partial charge < -0.3 is 9.30 Å². The van der Waals surface area contributed by atoms with Crippen LogP contribution in [0, 0.1) is 22.0 Å². The number of hydrogen-bond donors (Lipinski definition) is 0. The van der Waals surface area contributed by atoms with Crippen LogP contribution in [0.3, 0.4) is 0 Å². The highest BCUT2D eigenvalue weighted by Crippen LogP contribution is 2.13. The zero-order valence-corrected chi connectivity index (χ0v) is 14.4. The van der Waals surface area contributed by atoms with Crippen LogP contribution >= 0.6 is 12.2 Å². The molecule has 0 radical (unpaired) electrons. The van der Waals surface area contributed by atoms with E-state index in [-0.39, 0.29) is 0 Å². The molecule has 0 unspecified atom stereocenters. The van der Waals surface area contributed by atoms with Gasteiger partial charge in [0.05, 0.1) is 19.0 Å². The van der Waals surface area contributed by atoms with Crippen molar-refractivity contribution < 1.29 is 4.74 Å². The number of nitrogens with zero attached hydrogens (tertiary/aromatic N) is 4. The lowest BCUT2D eigenvalue weighted by Gasteiger charge is -2.09. The molecule has 0 bridgehead atoms. The summed E-state index contributed by atoms with van der Waals surface area (Å²) in [6.45, 7) is 6.07. The van der Waals surface area contributed by atoms with Crippen molar-refractivity contribution in [2.24, 2.45) is 5.92 Å². The third-order valence-electron chi connectivity index (χ3n) is 3.48. The highest BCUT2D eigenvalue weighted by atomic mass is 32.1. The molecule has 0 saturated heterocycles. The van der Waals surface area contributed by atoms with Gasteiger partial charge in [-0.1, -0.05) is 32.0 Å². The fourth-order valence-electron chi connectivity index (χ4n) is 2.17. The van der Waals surface area contributed by atoms with Crippen molar-refractivity contribution in [3.8, 4) is 11.8 Å². The highest BCUT2D eigenvalue weighted by molar-refractivity contribution is 7.71. The van der Waals surface area contributed by atoms with Crippen molar-refractivity contribution in [2.45, 2.75) is 46.4 Å². The molecular weight excluding hydrogens is 308 g/mol. The van der Waals surface area contributed by atoms with E-state index < -0.39 is 0 Å². The predicted octanol–water partition coefficient (Wildman–Crippen LogP) is 3.95. The maximum absolute atomic E-state index is 8.77. The number of ether oxygens (including phenoxy) is 1. The van der Waals surface area contributed by atoms with Crippen molar-refractivity contribution in [1.82, 2.24) is 14.3 Å². The summed E-state index contributed by atoms with van der Waals surface area (Å²) in [7, 11) is 0. The second kappa shape index (κ2) is 8.49. The molecule has 0 amide bonds. The Morgan fingerprint density at radius 3 is 2.65 bits per heavy atom. The van der Waals surface area contributed by atoms with Gasteiger partial charge in [-0.2, -0.15) is 10.4 Å². The Morgan fingerprint density at radius 1 is 1.26 bits per heavy atom. The Labute approximate surface area is 142 Å². The van der Waals surface area contributed by atoms with Gasteiger partial charge in [-0.3, -0.25) is 0 Å². The molecule has 0 saturated carbocycles. The molecule has 0 aliphatic carbocycles. The van der Waals surface area contributed by atoms with Crippen molar-refractivity contribution >= 4 is 12.2 Å². The van der Waals surface area contributed by atoms with E-state index in [0.717, 1.165) is 24.5 Å². The third-order valence-corrected chi connectivity index (χ3v) is 3.91. The van der Waals surface area contributed by atoms with Crippen LogP contribution in [-0.2, 0) is 19.7 Å². The van der Waals surface area contributed by atoms with Crippen LogP contribution in [0.15, 0.2) is 30.3 Å². The summed E-state index contributed by atoms with van der Waals surface area (Å²) >= 11 is 5.51.